The first-order chi connectivity index (χ1) is 7.15. The Morgan fingerprint density at radius 2 is 1.53 bits per heavy atom. The van der Waals surface area contributed by atoms with Gasteiger partial charge < -0.3 is 5.73 Å². The van der Waals surface area contributed by atoms with E-state index in [1.807, 2.05) is 47.6 Å². The molecule has 0 aliphatic rings. The molecule has 2 N–H and O–H groups in total. The summed E-state index contributed by atoms with van der Waals surface area (Å²) < 4.78 is 0. The second kappa shape index (κ2) is 9.25. The van der Waals surface area contributed by atoms with Gasteiger partial charge in [0.2, 0.25) is 0 Å². The lowest BCUT2D eigenvalue weighted by Gasteiger charge is -2.03. The Labute approximate surface area is 93.5 Å². The largest absolute Gasteiger partial charge is 0.398 e. The first kappa shape index (κ1) is 16.1. The van der Waals surface area contributed by atoms with Crippen molar-refractivity contribution in [1.82, 2.24) is 0 Å². The Morgan fingerprint density at radius 3 is 1.93 bits per heavy atom. The zero-order chi connectivity index (χ0) is 12.4. The van der Waals surface area contributed by atoms with Crippen LogP contribution in [0.4, 0.5) is 5.69 Å². The summed E-state index contributed by atoms with van der Waals surface area (Å²) in [6, 6.07) is 3.75. The van der Waals surface area contributed by atoms with Crippen LogP contribution in [0.25, 0.3) is 0 Å². The van der Waals surface area contributed by atoms with Gasteiger partial charge in [-0.2, -0.15) is 0 Å². The van der Waals surface area contributed by atoms with Gasteiger partial charge in [0, 0.05) is 11.3 Å². The van der Waals surface area contributed by atoms with Crippen LogP contribution in [-0.2, 0) is 0 Å². The van der Waals surface area contributed by atoms with E-state index >= 15 is 0 Å². The van der Waals surface area contributed by atoms with Gasteiger partial charge in [0.1, 0.15) is 0 Å². The highest BCUT2D eigenvalue weighted by atomic mass is 16.1. The van der Waals surface area contributed by atoms with Crippen LogP contribution in [0, 0.1) is 13.8 Å². The molecule has 0 atom stereocenters. The number of aryl methyl sites for hydroxylation is 2. The van der Waals surface area contributed by atoms with Crippen molar-refractivity contribution in [2.75, 3.05) is 5.73 Å². The molecule has 0 unspecified atom stereocenters. The van der Waals surface area contributed by atoms with Crippen LogP contribution in [0.15, 0.2) is 12.1 Å². The third kappa shape index (κ3) is 5.21. The van der Waals surface area contributed by atoms with Crippen LogP contribution < -0.4 is 5.73 Å². The Hall–Kier alpha value is -1.31. The van der Waals surface area contributed by atoms with Crippen LogP contribution in [0.1, 0.15) is 49.2 Å². The third-order valence-corrected chi connectivity index (χ3v) is 1.69. The van der Waals surface area contributed by atoms with Gasteiger partial charge in [0.25, 0.3) is 0 Å². The van der Waals surface area contributed by atoms with Gasteiger partial charge in [-0.1, -0.05) is 39.3 Å². The Bertz CT molecular complexity index is 293. The Kier molecular flexibility index (Phi) is 9.95. The maximum atomic E-state index is 10.5. The average molecular weight is 209 g/mol. The molecular formula is C13H23NO. The fraction of sp³-hybridized carbons (Fsp3) is 0.462. The lowest BCUT2D eigenvalue weighted by molar-refractivity contribution is 0.112. The SMILES string of the molecule is CC.CC.Cc1cc(C)c(N)c(C=O)c1. The van der Waals surface area contributed by atoms with E-state index in [1.165, 1.54) is 0 Å². The number of carbonyl (C=O) groups is 1. The molecule has 86 valence electrons. The van der Waals surface area contributed by atoms with Gasteiger partial charge in [-0.15, -0.1) is 0 Å². The Morgan fingerprint density at radius 1 is 1.07 bits per heavy atom. The maximum absolute atomic E-state index is 10.5. The van der Waals surface area contributed by atoms with E-state index in [2.05, 4.69) is 0 Å². The fourth-order valence-electron chi connectivity index (χ4n) is 1.11. The zero-order valence-electron chi connectivity index (χ0n) is 10.7. The summed E-state index contributed by atoms with van der Waals surface area (Å²) in [4.78, 5) is 10.5. The van der Waals surface area contributed by atoms with Crippen molar-refractivity contribution in [3.63, 3.8) is 0 Å². The Balaban J connectivity index is 0. The maximum Gasteiger partial charge on any atom is 0.152 e. The summed E-state index contributed by atoms with van der Waals surface area (Å²) in [5, 5.41) is 0. The number of benzene rings is 1. The smallest absolute Gasteiger partial charge is 0.152 e. The van der Waals surface area contributed by atoms with Crippen LogP contribution >= 0.6 is 0 Å². The summed E-state index contributed by atoms with van der Waals surface area (Å²) in [6.45, 7) is 11.8. The van der Waals surface area contributed by atoms with Gasteiger partial charge in [-0.25, -0.2) is 0 Å². The number of nitrogen functional groups attached to an aromatic ring is 1. The quantitative estimate of drug-likeness (QED) is 0.565. The molecule has 0 saturated carbocycles. The van der Waals surface area contributed by atoms with Gasteiger partial charge in [-0.3, -0.25) is 4.79 Å². The molecule has 0 fully saturated rings. The molecule has 0 radical (unpaired) electrons. The highest BCUT2D eigenvalue weighted by Crippen LogP contribution is 2.16. The predicted molar refractivity (Wildman–Crippen MR) is 68.4 cm³/mol. The molecule has 0 bridgehead atoms. The van der Waals surface area contributed by atoms with Crippen LogP contribution in [0.5, 0.6) is 0 Å². The molecule has 0 saturated heterocycles. The summed E-state index contributed by atoms with van der Waals surface area (Å²) >= 11 is 0. The van der Waals surface area contributed by atoms with Crippen LogP contribution in [-0.4, -0.2) is 6.29 Å². The summed E-state index contributed by atoms with van der Waals surface area (Å²) in [5.74, 6) is 0. The normalized spacial score (nSPS) is 7.87. The minimum Gasteiger partial charge on any atom is -0.398 e. The van der Waals surface area contributed by atoms with Crippen LogP contribution in [0.2, 0.25) is 0 Å². The summed E-state index contributed by atoms with van der Waals surface area (Å²) in [7, 11) is 0. The van der Waals surface area contributed by atoms with Crippen molar-refractivity contribution in [2.45, 2.75) is 41.5 Å². The highest BCUT2D eigenvalue weighted by Gasteiger charge is 2.00. The minimum atomic E-state index is 0.586. The molecule has 0 heterocycles. The molecule has 0 aliphatic carbocycles. The van der Waals surface area contributed by atoms with E-state index in [9.17, 15) is 4.79 Å². The molecule has 1 rings (SSSR count). The van der Waals surface area contributed by atoms with E-state index in [0.717, 1.165) is 17.4 Å². The molecular weight excluding hydrogens is 186 g/mol. The minimum absolute atomic E-state index is 0.586. The predicted octanol–water partition coefficient (Wildman–Crippen LogP) is 3.75. The summed E-state index contributed by atoms with van der Waals surface area (Å²) in [5.41, 5.74) is 8.84. The number of nitrogens with two attached hydrogens (primary N) is 1. The number of hydrogen-bond acceptors (Lipinski definition) is 2. The topological polar surface area (TPSA) is 43.1 Å². The third-order valence-electron chi connectivity index (χ3n) is 1.69. The zero-order valence-corrected chi connectivity index (χ0v) is 10.7. The number of anilines is 1. The summed E-state index contributed by atoms with van der Waals surface area (Å²) in [6.07, 6.45) is 0.787. The van der Waals surface area contributed by atoms with E-state index in [1.54, 1.807) is 6.07 Å². The lowest BCUT2D eigenvalue weighted by Crippen LogP contribution is -1.96. The monoisotopic (exact) mass is 209 g/mol. The van der Waals surface area contributed by atoms with Crippen molar-refractivity contribution in [3.05, 3.63) is 28.8 Å². The second-order valence-electron chi connectivity index (χ2n) is 2.70. The van der Waals surface area contributed by atoms with Crippen LogP contribution in [0.3, 0.4) is 0 Å². The van der Waals surface area contributed by atoms with Crippen molar-refractivity contribution < 1.29 is 4.79 Å². The van der Waals surface area contributed by atoms with Gasteiger partial charge in [0.05, 0.1) is 0 Å². The van der Waals surface area contributed by atoms with Gasteiger partial charge in [0.15, 0.2) is 6.29 Å². The average Bonchev–Trinajstić information content (AvgIpc) is 2.29. The van der Waals surface area contributed by atoms with Crippen molar-refractivity contribution in [3.8, 4) is 0 Å². The molecule has 0 aliphatic heterocycles. The first-order valence-electron chi connectivity index (χ1n) is 5.47. The van der Waals surface area contributed by atoms with E-state index in [4.69, 9.17) is 5.73 Å². The first-order valence-corrected chi connectivity index (χ1v) is 5.47. The fourth-order valence-corrected chi connectivity index (χ4v) is 1.11. The number of rotatable bonds is 1. The van der Waals surface area contributed by atoms with Crippen molar-refractivity contribution in [1.29, 1.82) is 0 Å². The molecule has 0 amide bonds. The molecule has 0 spiro atoms. The second-order valence-corrected chi connectivity index (χ2v) is 2.70. The molecule has 0 aromatic heterocycles. The van der Waals surface area contributed by atoms with Crippen molar-refractivity contribution in [2.24, 2.45) is 0 Å². The van der Waals surface area contributed by atoms with E-state index in [-0.39, 0.29) is 0 Å². The highest BCUT2D eigenvalue weighted by molar-refractivity contribution is 5.84. The number of aldehydes is 1. The van der Waals surface area contributed by atoms with E-state index < -0.39 is 0 Å². The molecule has 1 aromatic rings. The molecule has 1 aromatic carbocycles. The lowest BCUT2D eigenvalue weighted by atomic mass is 10.1. The van der Waals surface area contributed by atoms with Gasteiger partial charge in [-0.05, 0) is 25.5 Å². The van der Waals surface area contributed by atoms with Gasteiger partial charge >= 0.3 is 0 Å². The molecule has 2 heteroatoms. The number of hydrogen-bond donors (Lipinski definition) is 1. The molecule has 15 heavy (non-hydrogen) atoms. The molecule has 2 nitrogen and oxygen atoms in total. The number of carbonyl (C=O) groups excluding carboxylic acids is 1. The van der Waals surface area contributed by atoms with E-state index in [0.29, 0.717) is 11.3 Å². The van der Waals surface area contributed by atoms with Crippen molar-refractivity contribution >= 4 is 12.0 Å². The standard InChI is InChI=1S/C9H11NO.2C2H6/c1-6-3-7(2)9(10)8(4-6)5-11;2*1-2/h3-5H,10H2,1-2H3;2*1-2H3.